The van der Waals surface area contributed by atoms with Crippen LogP contribution in [0.5, 0.6) is 0 Å². The number of hydrogen-bond acceptors (Lipinski definition) is 2. The third-order valence-corrected chi connectivity index (χ3v) is 3.49. The predicted octanol–water partition coefficient (Wildman–Crippen LogP) is 2.39. The highest BCUT2D eigenvalue weighted by Crippen LogP contribution is 2.42. The molecule has 0 radical (unpaired) electrons. The first-order chi connectivity index (χ1) is 8.34. The molecule has 1 amide bonds. The van der Waals surface area contributed by atoms with Crippen LogP contribution in [0, 0.1) is 5.82 Å². The Balaban J connectivity index is 2.24. The van der Waals surface area contributed by atoms with Gasteiger partial charge in [0.2, 0.25) is 0 Å². The van der Waals surface area contributed by atoms with Crippen LogP contribution in [-0.4, -0.2) is 32.8 Å². The fourth-order valence-corrected chi connectivity index (χ4v) is 2.61. The molecule has 0 spiro atoms. The molecule has 1 saturated heterocycles. The van der Waals surface area contributed by atoms with Gasteiger partial charge in [0.25, 0.3) is 0 Å². The van der Waals surface area contributed by atoms with Crippen LogP contribution in [0.4, 0.5) is 9.18 Å². The van der Waals surface area contributed by atoms with Gasteiger partial charge in [0.05, 0.1) is 6.04 Å². The molecule has 1 unspecified atom stereocenters. The van der Waals surface area contributed by atoms with Crippen LogP contribution in [0.2, 0.25) is 0 Å². The van der Waals surface area contributed by atoms with Gasteiger partial charge in [-0.15, -0.1) is 0 Å². The van der Waals surface area contributed by atoms with E-state index in [2.05, 4.69) is 0 Å². The topological polar surface area (TPSA) is 60.8 Å². The van der Waals surface area contributed by atoms with Crippen molar-refractivity contribution in [3.05, 3.63) is 35.6 Å². The third-order valence-electron chi connectivity index (χ3n) is 3.49. The van der Waals surface area contributed by atoms with Gasteiger partial charge in [-0.05, 0) is 26.3 Å². The second-order valence-corrected chi connectivity index (χ2v) is 5.20. The van der Waals surface area contributed by atoms with E-state index < -0.39 is 29.6 Å². The molecule has 1 aromatic carbocycles. The van der Waals surface area contributed by atoms with E-state index in [1.807, 2.05) is 0 Å². The van der Waals surface area contributed by atoms with E-state index in [1.165, 1.54) is 23.1 Å². The van der Waals surface area contributed by atoms with Crippen molar-refractivity contribution in [2.24, 2.45) is 0 Å². The average Bonchev–Trinajstić information content (AvgIpc) is 2.25. The minimum atomic E-state index is -1.13. The van der Waals surface area contributed by atoms with Crippen LogP contribution in [-0.2, 0) is 0 Å². The Morgan fingerprint density at radius 3 is 2.61 bits per heavy atom. The van der Waals surface area contributed by atoms with Crippen molar-refractivity contribution in [2.45, 2.75) is 38.0 Å². The van der Waals surface area contributed by atoms with Crippen molar-refractivity contribution in [3.63, 3.8) is 0 Å². The van der Waals surface area contributed by atoms with E-state index in [9.17, 15) is 14.3 Å². The number of nitrogens with zero attached hydrogens (tertiary/aromatic N) is 1. The van der Waals surface area contributed by atoms with Gasteiger partial charge in [0.15, 0.2) is 0 Å². The molecule has 0 bridgehead atoms. The van der Waals surface area contributed by atoms with Crippen LogP contribution in [0.15, 0.2) is 24.3 Å². The van der Waals surface area contributed by atoms with E-state index in [4.69, 9.17) is 5.11 Å². The molecule has 1 aromatic rings. The maximum absolute atomic E-state index is 13.6. The number of aliphatic hydroxyl groups excluding tert-OH is 1. The number of benzene rings is 1. The predicted molar refractivity (Wildman–Crippen MR) is 63.7 cm³/mol. The van der Waals surface area contributed by atoms with Crippen molar-refractivity contribution in [1.82, 2.24) is 4.90 Å². The van der Waals surface area contributed by atoms with Crippen molar-refractivity contribution in [3.8, 4) is 0 Å². The Morgan fingerprint density at radius 1 is 1.50 bits per heavy atom. The van der Waals surface area contributed by atoms with Crippen molar-refractivity contribution in [2.75, 3.05) is 0 Å². The largest absolute Gasteiger partial charge is 0.465 e. The lowest BCUT2D eigenvalue weighted by molar-refractivity contribution is -0.0860. The van der Waals surface area contributed by atoms with E-state index in [1.54, 1.807) is 19.9 Å². The van der Waals surface area contributed by atoms with Crippen molar-refractivity contribution in [1.29, 1.82) is 0 Å². The van der Waals surface area contributed by atoms with Gasteiger partial charge in [0, 0.05) is 11.1 Å². The Labute approximate surface area is 105 Å². The molecule has 18 heavy (non-hydrogen) atoms. The highest BCUT2D eigenvalue weighted by atomic mass is 19.1. The van der Waals surface area contributed by atoms with Crippen molar-refractivity contribution < 1.29 is 19.4 Å². The smallest absolute Gasteiger partial charge is 0.408 e. The number of carboxylic acid groups (broad SMARTS) is 1. The lowest BCUT2D eigenvalue weighted by Gasteiger charge is -2.54. The summed E-state index contributed by atoms with van der Waals surface area (Å²) in [4.78, 5) is 12.3. The summed E-state index contributed by atoms with van der Waals surface area (Å²) in [5, 5.41) is 19.3. The minimum absolute atomic E-state index is 0.143. The molecule has 2 atom stereocenters. The van der Waals surface area contributed by atoms with E-state index in [-0.39, 0.29) is 5.56 Å². The summed E-state index contributed by atoms with van der Waals surface area (Å²) in [6.07, 6.45) is -1.71. The molecule has 98 valence electrons. The van der Waals surface area contributed by atoms with Crippen LogP contribution < -0.4 is 0 Å². The van der Waals surface area contributed by atoms with E-state index in [0.717, 1.165) is 0 Å². The molecule has 0 saturated carbocycles. The van der Waals surface area contributed by atoms with Gasteiger partial charge < -0.3 is 10.2 Å². The summed E-state index contributed by atoms with van der Waals surface area (Å²) < 4.78 is 13.6. The number of rotatable bonds is 2. The molecule has 2 N–H and O–H groups in total. The van der Waals surface area contributed by atoms with Crippen molar-refractivity contribution >= 4 is 6.09 Å². The highest BCUT2D eigenvalue weighted by molar-refractivity contribution is 5.68. The summed E-state index contributed by atoms with van der Waals surface area (Å²) in [6.45, 7) is 3.57. The monoisotopic (exact) mass is 253 g/mol. The summed E-state index contributed by atoms with van der Waals surface area (Å²) in [6, 6.07) is 5.30. The van der Waals surface area contributed by atoms with Crippen LogP contribution in [0.25, 0.3) is 0 Å². The molecule has 0 aromatic heterocycles. The van der Waals surface area contributed by atoms with Gasteiger partial charge in [0.1, 0.15) is 11.9 Å². The highest BCUT2D eigenvalue weighted by Gasteiger charge is 2.51. The van der Waals surface area contributed by atoms with Gasteiger partial charge in [-0.25, -0.2) is 9.18 Å². The lowest BCUT2D eigenvalue weighted by atomic mass is 9.77. The standard InChI is InChI=1S/C13H16FNO3/c1-13(2)7-10(15(13)12(17)18)11(16)8-5-3-4-6-9(8)14/h3-6,10-11,16H,7H2,1-2H3,(H,17,18)/t10-,11?/m1/s1. The normalized spacial score (nSPS) is 23.3. The minimum Gasteiger partial charge on any atom is -0.465 e. The molecule has 1 fully saturated rings. The van der Waals surface area contributed by atoms with Gasteiger partial charge in [-0.2, -0.15) is 0 Å². The van der Waals surface area contributed by atoms with Gasteiger partial charge in [-0.1, -0.05) is 18.2 Å². The fourth-order valence-electron chi connectivity index (χ4n) is 2.61. The molecule has 1 aliphatic rings. The van der Waals surface area contributed by atoms with Gasteiger partial charge >= 0.3 is 6.09 Å². The first-order valence-corrected chi connectivity index (χ1v) is 5.79. The van der Waals surface area contributed by atoms with Gasteiger partial charge in [-0.3, -0.25) is 4.90 Å². The molecule has 1 heterocycles. The van der Waals surface area contributed by atoms with E-state index in [0.29, 0.717) is 6.42 Å². The molecular weight excluding hydrogens is 237 g/mol. The summed E-state index contributed by atoms with van der Waals surface area (Å²) in [5.74, 6) is -0.514. The Hall–Kier alpha value is -1.62. The van der Waals surface area contributed by atoms with Crippen LogP contribution >= 0.6 is 0 Å². The number of carbonyl (C=O) groups is 1. The summed E-state index contributed by atoms with van der Waals surface area (Å²) >= 11 is 0. The first-order valence-electron chi connectivity index (χ1n) is 5.79. The number of hydrogen-bond donors (Lipinski definition) is 2. The van der Waals surface area contributed by atoms with Crippen LogP contribution in [0.1, 0.15) is 31.9 Å². The first kappa shape index (κ1) is 12.8. The second kappa shape index (κ2) is 4.24. The summed E-state index contributed by atoms with van der Waals surface area (Å²) in [5.41, 5.74) is -0.368. The Morgan fingerprint density at radius 2 is 2.11 bits per heavy atom. The molecule has 1 aliphatic heterocycles. The molecule has 0 aliphatic carbocycles. The number of halogens is 1. The Bertz CT molecular complexity index is 475. The fraction of sp³-hybridized carbons (Fsp3) is 0.462. The zero-order chi connectivity index (χ0) is 13.5. The SMILES string of the molecule is CC1(C)C[C@H](C(O)c2ccccc2F)N1C(=O)O. The second-order valence-electron chi connectivity index (χ2n) is 5.20. The maximum Gasteiger partial charge on any atom is 0.408 e. The molecule has 4 nitrogen and oxygen atoms in total. The zero-order valence-corrected chi connectivity index (χ0v) is 10.3. The average molecular weight is 253 g/mol. The Kier molecular flexibility index (Phi) is 3.02. The molecule has 2 rings (SSSR count). The lowest BCUT2D eigenvalue weighted by Crippen LogP contribution is -2.66. The number of aliphatic hydroxyl groups is 1. The maximum atomic E-state index is 13.6. The summed E-state index contributed by atoms with van der Waals surface area (Å²) in [7, 11) is 0. The quantitative estimate of drug-likeness (QED) is 0.850. The van der Waals surface area contributed by atoms with E-state index >= 15 is 0 Å². The third kappa shape index (κ3) is 1.95. The molecule has 5 heteroatoms. The zero-order valence-electron chi connectivity index (χ0n) is 10.3. The number of amides is 1. The number of likely N-dealkylation sites (tertiary alicyclic amines) is 1. The van der Waals surface area contributed by atoms with Crippen LogP contribution in [0.3, 0.4) is 0 Å². The molecular formula is C13H16FNO3.